The van der Waals surface area contributed by atoms with Crippen molar-refractivity contribution in [2.45, 2.75) is 53.4 Å². The SMILES string of the molecule is Cc1ccc(C(C)C)cc1Oc1cc(C(C)C)ccc1C. The average Bonchev–Trinajstić information content (AvgIpc) is 2.43. The third-order valence-corrected chi connectivity index (χ3v) is 3.98. The number of aryl methyl sites for hydroxylation is 2. The van der Waals surface area contributed by atoms with Crippen molar-refractivity contribution in [2.24, 2.45) is 0 Å². The largest absolute Gasteiger partial charge is 0.457 e. The molecule has 0 fully saturated rings. The van der Waals surface area contributed by atoms with E-state index >= 15 is 0 Å². The molecule has 0 saturated heterocycles. The molecule has 0 aromatic heterocycles. The zero-order valence-corrected chi connectivity index (χ0v) is 14.0. The molecule has 0 radical (unpaired) electrons. The summed E-state index contributed by atoms with van der Waals surface area (Å²) in [5, 5.41) is 0. The zero-order chi connectivity index (χ0) is 15.6. The molecule has 0 aliphatic rings. The molecule has 0 N–H and O–H groups in total. The van der Waals surface area contributed by atoms with Crippen LogP contribution in [0.2, 0.25) is 0 Å². The Morgan fingerprint density at radius 3 is 1.38 bits per heavy atom. The Morgan fingerprint density at radius 2 is 1.05 bits per heavy atom. The molecule has 2 aromatic carbocycles. The molecule has 0 heterocycles. The van der Waals surface area contributed by atoms with Gasteiger partial charge < -0.3 is 4.74 Å². The van der Waals surface area contributed by atoms with Gasteiger partial charge in [0.15, 0.2) is 0 Å². The van der Waals surface area contributed by atoms with Crippen molar-refractivity contribution in [1.29, 1.82) is 0 Å². The molecular weight excluding hydrogens is 256 g/mol. The minimum atomic E-state index is 0.510. The van der Waals surface area contributed by atoms with Crippen LogP contribution in [-0.2, 0) is 0 Å². The van der Waals surface area contributed by atoms with Gasteiger partial charge in [0.1, 0.15) is 11.5 Å². The molecule has 0 saturated carbocycles. The molecule has 0 amide bonds. The van der Waals surface area contributed by atoms with E-state index in [2.05, 4.69) is 77.9 Å². The number of benzene rings is 2. The van der Waals surface area contributed by atoms with Gasteiger partial charge in [-0.25, -0.2) is 0 Å². The van der Waals surface area contributed by atoms with Crippen LogP contribution in [0, 0.1) is 13.8 Å². The first-order chi connectivity index (χ1) is 9.88. The lowest BCUT2D eigenvalue weighted by Gasteiger charge is -2.16. The number of rotatable bonds is 4. The van der Waals surface area contributed by atoms with Crippen LogP contribution < -0.4 is 4.74 Å². The van der Waals surface area contributed by atoms with E-state index in [0.717, 1.165) is 11.5 Å². The summed E-state index contributed by atoms with van der Waals surface area (Å²) in [7, 11) is 0. The van der Waals surface area contributed by atoms with Crippen molar-refractivity contribution < 1.29 is 4.74 Å². The summed E-state index contributed by atoms with van der Waals surface area (Å²) < 4.78 is 6.22. The number of hydrogen-bond donors (Lipinski definition) is 0. The summed E-state index contributed by atoms with van der Waals surface area (Å²) in [6, 6.07) is 13.0. The maximum Gasteiger partial charge on any atom is 0.130 e. The highest BCUT2D eigenvalue weighted by molar-refractivity contribution is 5.44. The summed E-state index contributed by atoms with van der Waals surface area (Å²) in [5.74, 6) is 2.95. The Bertz CT molecular complexity index is 568. The van der Waals surface area contributed by atoms with Crippen molar-refractivity contribution in [1.82, 2.24) is 0 Å². The molecule has 1 nitrogen and oxygen atoms in total. The van der Waals surface area contributed by atoms with Crippen LogP contribution in [0.5, 0.6) is 11.5 Å². The van der Waals surface area contributed by atoms with Crippen LogP contribution in [0.4, 0.5) is 0 Å². The van der Waals surface area contributed by atoms with Gasteiger partial charge >= 0.3 is 0 Å². The second-order valence-electron chi connectivity index (χ2n) is 6.46. The van der Waals surface area contributed by atoms with E-state index in [-0.39, 0.29) is 0 Å². The lowest BCUT2D eigenvalue weighted by molar-refractivity contribution is 0.473. The molecule has 0 spiro atoms. The first kappa shape index (κ1) is 15.6. The normalized spacial score (nSPS) is 11.2. The maximum absolute atomic E-state index is 6.22. The minimum Gasteiger partial charge on any atom is -0.457 e. The standard InChI is InChI=1S/C20H26O/c1-13(2)17-9-7-15(5)19(11-17)21-20-12-18(14(3)4)10-8-16(20)6/h7-14H,1-6H3. The zero-order valence-electron chi connectivity index (χ0n) is 14.0. The lowest BCUT2D eigenvalue weighted by Crippen LogP contribution is -1.95. The lowest BCUT2D eigenvalue weighted by atomic mass is 10.0. The Morgan fingerprint density at radius 1 is 0.667 bits per heavy atom. The second kappa shape index (κ2) is 6.34. The van der Waals surface area contributed by atoms with E-state index in [1.54, 1.807) is 0 Å². The number of hydrogen-bond acceptors (Lipinski definition) is 1. The Balaban J connectivity index is 2.37. The van der Waals surface area contributed by atoms with E-state index in [1.165, 1.54) is 22.3 Å². The Kier molecular flexibility index (Phi) is 4.72. The second-order valence-corrected chi connectivity index (χ2v) is 6.46. The fourth-order valence-electron chi connectivity index (χ4n) is 2.29. The van der Waals surface area contributed by atoms with Gasteiger partial charge in [0.05, 0.1) is 0 Å². The molecule has 21 heavy (non-hydrogen) atoms. The summed E-state index contributed by atoms with van der Waals surface area (Å²) in [6.45, 7) is 13.0. The van der Waals surface area contributed by atoms with E-state index in [4.69, 9.17) is 4.74 Å². The fraction of sp³-hybridized carbons (Fsp3) is 0.400. The van der Waals surface area contributed by atoms with E-state index < -0.39 is 0 Å². The average molecular weight is 282 g/mol. The van der Waals surface area contributed by atoms with Crippen molar-refractivity contribution in [3.63, 3.8) is 0 Å². The van der Waals surface area contributed by atoms with Crippen LogP contribution in [0.25, 0.3) is 0 Å². The highest BCUT2D eigenvalue weighted by Crippen LogP contribution is 2.32. The fourth-order valence-corrected chi connectivity index (χ4v) is 2.29. The van der Waals surface area contributed by atoms with Crippen molar-refractivity contribution >= 4 is 0 Å². The Labute approximate surface area is 129 Å². The summed E-state index contributed by atoms with van der Waals surface area (Å²) in [4.78, 5) is 0. The van der Waals surface area contributed by atoms with Gasteiger partial charge in [0, 0.05) is 0 Å². The van der Waals surface area contributed by atoms with Gasteiger partial charge in [-0.05, 0) is 60.1 Å². The van der Waals surface area contributed by atoms with Crippen LogP contribution in [0.3, 0.4) is 0 Å². The van der Waals surface area contributed by atoms with Crippen LogP contribution in [-0.4, -0.2) is 0 Å². The predicted molar refractivity (Wildman–Crippen MR) is 90.6 cm³/mol. The highest BCUT2D eigenvalue weighted by Gasteiger charge is 2.09. The van der Waals surface area contributed by atoms with Gasteiger partial charge in [-0.3, -0.25) is 0 Å². The van der Waals surface area contributed by atoms with Gasteiger partial charge in [-0.15, -0.1) is 0 Å². The quantitative estimate of drug-likeness (QED) is 0.635. The van der Waals surface area contributed by atoms with Gasteiger partial charge in [0.25, 0.3) is 0 Å². The molecular formula is C20H26O. The summed E-state index contributed by atoms with van der Waals surface area (Å²) >= 11 is 0. The predicted octanol–water partition coefficient (Wildman–Crippen LogP) is 6.34. The smallest absolute Gasteiger partial charge is 0.130 e. The summed E-state index contributed by atoms with van der Waals surface area (Å²) in [5.41, 5.74) is 4.98. The molecule has 0 aliphatic carbocycles. The minimum absolute atomic E-state index is 0.510. The van der Waals surface area contributed by atoms with Crippen molar-refractivity contribution in [3.8, 4) is 11.5 Å². The van der Waals surface area contributed by atoms with Gasteiger partial charge in [-0.1, -0.05) is 52.0 Å². The molecule has 0 bridgehead atoms. The van der Waals surface area contributed by atoms with Gasteiger partial charge in [-0.2, -0.15) is 0 Å². The van der Waals surface area contributed by atoms with E-state index in [1.807, 2.05) is 0 Å². The molecule has 0 unspecified atom stereocenters. The van der Waals surface area contributed by atoms with Crippen molar-refractivity contribution in [3.05, 3.63) is 58.7 Å². The monoisotopic (exact) mass is 282 g/mol. The van der Waals surface area contributed by atoms with Crippen molar-refractivity contribution in [2.75, 3.05) is 0 Å². The van der Waals surface area contributed by atoms with E-state index in [0.29, 0.717) is 11.8 Å². The summed E-state index contributed by atoms with van der Waals surface area (Å²) in [6.07, 6.45) is 0. The first-order valence-electron chi connectivity index (χ1n) is 7.77. The maximum atomic E-state index is 6.22. The molecule has 112 valence electrons. The Hall–Kier alpha value is -1.76. The number of ether oxygens (including phenoxy) is 1. The third kappa shape index (κ3) is 3.66. The van der Waals surface area contributed by atoms with E-state index in [9.17, 15) is 0 Å². The molecule has 0 atom stereocenters. The molecule has 1 heteroatoms. The topological polar surface area (TPSA) is 9.23 Å². The molecule has 0 aliphatic heterocycles. The highest BCUT2D eigenvalue weighted by atomic mass is 16.5. The van der Waals surface area contributed by atoms with Crippen LogP contribution >= 0.6 is 0 Å². The molecule has 2 aromatic rings. The third-order valence-electron chi connectivity index (χ3n) is 3.98. The van der Waals surface area contributed by atoms with Gasteiger partial charge in [0.2, 0.25) is 0 Å². The molecule has 2 rings (SSSR count). The van der Waals surface area contributed by atoms with Crippen LogP contribution in [0.1, 0.15) is 61.8 Å². The van der Waals surface area contributed by atoms with Crippen LogP contribution in [0.15, 0.2) is 36.4 Å². The first-order valence-corrected chi connectivity index (χ1v) is 7.77.